The molecule has 3 aromatic rings. The molecular formula is C21H22FN5O3. The molecule has 0 saturated carbocycles. The van der Waals surface area contributed by atoms with Gasteiger partial charge in [0.1, 0.15) is 0 Å². The number of ether oxygens (including phenoxy) is 1. The van der Waals surface area contributed by atoms with Crippen LogP contribution in [-0.4, -0.2) is 34.6 Å². The topological polar surface area (TPSA) is 98.1 Å². The molecule has 8 nitrogen and oxygen atoms in total. The molecule has 0 bridgehead atoms. The SMILES string of the molecule is CNC(=O)c1cc(CCc2cnc(Nc3ccn(C)c(=O)c3)nc2)c(F)c(OC)c1. The van der Waals surface area contributed by atoms with Crippen LogP contribution in [0, 0.1) is 5.82 Å². The monoisotopic (exact) mass is 411 g/mol. The zero-order valence-corrected chi connectivity index (χ0v) is 16.9. The van der Waals surface area contributed by atoms with E-state index < -0.39 is 5.82 Å². The number of carbonyl (C=O) groups is 1. The highest BCUT2D eigenvalue weighted by atomic mass is 19.1. The average Bonchev–Trinajstić information content (AvgIpc) is 2.76. The number of nitrogens with zero attached hydrogens (tertiary/aromatic N) is 3. The van der Waals surface area contributed by atoms with Crippen LogP contribution in [0.25, 0.3) is 0 Å². The van der Waals surface area contributed by atoms with Crippen molar-refractivity contribution < 1.29 is 13.9 Å². The van der Waals surface area contributed by atoms with E-state index in [1.807, 2.05) is 0 Å². The molecule has 30 heavy (non-hydrogen) atoms. The minimum atomic E-state index is -0.491. The second-order valence-electron chi connectivity index (χ2n) is 6.64. The smallest absolute Gasteiger partial charge is 0.252 e. The lowest BCUT2D eigenvalue weighted by Gasteiger charge is -2.11. The summed E-state index contributed by atoms with van der Waals surface area (Å²) in [5, 5.41) is 5.49. The van der Waals surface area contributed by atoms with Crippen molar-refractivity contribution in [1.82, 2.24) is 19.9 Å². The van der Waals surface area contributed by atoms with Crippen molar-refractivity contribution in [3.8, 4) is 5.75 Å². The Morgan fingerprint density at radius 3 is 2.57 bits per heavy atom. The van der Waals surface area contributed by atoms with Gasteiger partial charge in [-0.05, 0) is 42.2 Å². The molecule has 1 amide bonds. The summed E-state index contributed by atoms with van der Waals surface area (Å²) in [6.45, 7) is 0. The molecule has 0 spiro atoms. The van der Waals surface area contributed by atoms with Crippen molar-refractivity contribution in [3.63, 3.8) is 0 Å². The molecule has 0 saturated heterocycles. The molecule has 0 fully saturated rings. The summed E-state index contributed by atoms with van der Waals surface area (Å²) in [7, 11) is 4.54. The zero-order valence-electron chi connectivity index (χ0n) is 16.9. The molecule has 0 unspecified atom stereocenters. The number of anilines is 2. The lowest BCUT2D eigenvalue weighted by Crippen LogP contribution is -2.18. The van der Waals surface area contributed by atoms with E-state index >= 15 is 0 Å². The number of benzene rings is 1. The van der Waals surface area contributed by atoms with Crippen LogP contribution in [0.1, 0.15) is 21.5 Å². The number of hydrogen-bond donors (Lipinski definition) is 2. The maximum Gasteiger partial charge on any atom is 0.252 e. The maximum absolute atomic E-state index is 14.6. The summed E-state index contributed by atoms with van der Waals surface area (Å²) >= 11 is 0. The number of aromatic nitrogens is 3. The van der Waals surface area contributed by atoms with Crippen LogP contribution >= 0.6 is 0 Å². The molecule has 0 aliphatic carbocycles. The molecular weight excluding hydrogens is 389 g/mol. The van der Waals surface area contributed by atoms with Crippen LogP contribution in [0.3, 0.4) is 0 Å². The Labute approximate surface area is 172 Å². The fourth-order valence-electron chi connectivity index (χ4n) is 2.84. The minimum Gasteiger partial charge on any atom is -0.494 e. The van der Waals surface area contributed by atoms with Gasteiger partial charge in [0.05, 0.1) is 7.11 Å². The van der Waals surface area contributed by atoms with Gasteiger partial charge in [-0.15, -0.1) is 0 Å². The van der Waals surface area contributed by atoms with Gasteiger partial charge in [-0.1, -0.05) is 0 Å². The fraction of sp³-hybridized carbons (Fsp3) is 0.238. The lowest BCUT2D eigenvalue weighted by molar-refractivity contribution is 0.0962. The highest BCUT2D eigenvalue weighted by molar-refractivity contribution is 5.94. The van der Waals surface area contributed by atoms with E-state index in [9.17, 15) is 14.0 Å². The number of carbonyl (C=O) groups excluding carboxylic acids is 1. The van der Waals surface area contributed by atoms with Crippen LogP contribution < -0.4 is 20.9 Å². The van der Waals surface area contributed by atoms with Crippen molar-refractivity contribution in [3.05, 3.63) is 75.7 Å². The molecule has 2 heterocycles. The number of methoxy groups -OCH3 is 1. The van der Waals surface area contributed by atoms with Gasteiger partial charge in [-0.2, -0.15) is 0 Å². The van der Waals surface area contributed by atoms with Crippen LogP contribution in [0.4, 0.5) is 16.0 Å². The van der Waals surface area contributed by atoms with Gasteiger partial charge in [0.2, 0.25) is 5.95 Å². The van der Waals surface area contributed by atoms with Crippen molar-refractivity contribution in [2.75, 3.05) is 19.5 Å². The number of aryl methyl sites for hydroxylation is 3. The molecule has 0 aliphatic heterocycles. The van der Waals surface area contributed by atoms with Gasteiger partial charge < -0.3 is 19.9 Å². The van der Waals surface area contributed by atoms with Crippen LogP contribution in [-0.2, 0) is 19.9 Å². The third-order valence-electron chi connectivity index (χ3n) is 4.57. The normalized spacial score (nSPS) is 10.5. The van der Waals surface area contributed by atoms with E-state index in [1.165, 1.54) is 36.9 Å². The predicted molar refractivity (Wildman–Crippen MR) is 111 cm³/mol. The molecule has 9 heteroatoms. The molecule has 0 atom stereocenters. The van der Waals surface area contributed by atoms with Crippen molar-refractivity contribution in [2.45, 2.75) is 12.8 Å². The molecule has 2 aromatic heterocycles. The fourth-order valence-corrected chi connectivity index (χ4v) is 2.84. The molecule has 1 aromatic carbocycles. The summed E-state index contributed by atoms with van der Waals surface area (Å²) in [6.07, 6.45) is 5.73. The van der Waals surface area contributed by atoms with Gasteiger partial charge in [0, 0.05) is 50.0 Å². The van der Waals surface area contributed by atoms with Gasteiger partial charge in [0.15, 0.2) is 11.6 Å². The molecule has 3 rings (SSSR count). The van der Waals surface area contributed by atoms with E-state index in [-0.39, 0.29) is 17.2 Å². The minimum absolute atomic E-state index is 0.0240. The number of halogens is 1. The van der Waals surface area contributed by atoms with Crippen LogP contribution in [0.15, 0.2) is 47.7 Å². The number of nitrogens with one attached hydrogen (secondary N) is 2. The first-order valence-corrected chi connectivity index (χ1v) is 9.24. The van der Waals surface area contributed by atoms with Crippen molar-refractivity contribution >= 4 is 17.5 Å². The van der Waals surface area contributed by atoms with Crippen molar-refractivity contribution in [2.24, 2.45) is 7.05 Å². The third kappa shape index (κ3) is 4.80. The predicted octanol–water partition coefficient (Wildman–Crippen LogP) is 2.21. The standard InChI is InChI=1S/C21H22FN5O3/c1-23-20(29)15-8-14(19(22)17(9-15)30-3)5-4-13-11-24-21(25-12-13)26-16-6-7-27(2)18(28)10-16/h6-12H,4-5H2,1-3H3,(H,23,29)(H,24,25,26). The van der Waals surface area contributed by atoms with E-state index in [4.69, 9.17) is 4.74 Å². The highest BCUT2D eigenvalue weighted by Crippen LogP contribution is 2.24. The first-order chi connectivity index (χ1) is 14.4. The molecule has 0 aliphatic rings. The second-order valence-corrected chi connectivity index (χ2v) is 6.64. The van der Waals surface area contributed by atoms with Gasteiger partial charge in [-0.3, -0.25) is 9.59 Å². The van der Waals surface area contributed by atoms with E-state index in [0.717, 1.165) is 5.56 Å². The third-order valence-corrected chi connectivity index (χ3v) is 4.57. The molecule has 156 valence electrons. The maximum atomic E-state index is 14.6. The Balaban J connectivity index is 1.71. The lowest BCUT2D eigenvalue weighted by atomic mass is 10.0. The largest absolute Gasteiger partial charge is 0.494 e. The Bertz CT molecular complexity index is 1110. The summed E-state index contributed by atoms with van der Waals surface area (Å²) in [6, 6.07) is 6.09. The zero-order chi connectivity index (χ0) is 21.7. The first kappa shape index (κ1) is 21.0. The Morgan fingerprint density at radius 2 is 1.93 bits per heavy atom. The quantitative estimate of drug-likeness (QED) is 0.619. The van der Waals surface area contributed by atoms with E-state index in [1.54, 1.807) is 31.7 Å². The van der Waals surface area contributed by atoms with Gasteiger partial charge >= 0.3 is 0 Å². The summed E-state index contributed by atoms with van der Waals surface area (Å²) in [4.78, 5) is 32.1. The highest BCUT2D eigenvalue weighted by Gasteiger charge is 2.15. The summed E-state index contributed by atoms with van der Waals surface area (Å²) < 4.78 is 21.1. The second kappa shape index (κ2) is 9.17. The van der Waals surface area contributed by atoms with E-state index in [0.29, 0.717) is 35.6 Å². The number of hydrogen-bond acceptors (Lipinski definition) is 6. The van der Waals surface area contributed by atoms with Gasteiger partial charge in [-0.25, -0.2) is 14.4 Å². The summed E-state index contributed by atoms with van der Waals surface area (Å²) in [5.41, 5.74) is 1.94. The molecule has 0 radical (unpaired) electrons. The van der Waals surface area contributed by atoms with E-state index in [2.05, 4.69) is 20.6 Å². The number of pyridine rings is 1. The Morgan fingerprint density at radius 1 is 1.20 bits per heavy atom. The summed E-state index contributed by atoms with van der Waals surface area (Å²) in [5.74, 6) is -0.434. The number of amides is 1. The van der Waals surface area contributed by atoms with Crippen LogP contribution in [0.2, 0.25) is 0 Å². The Hall–Kier alpha value is -3.75. The first-order valence-electron chi connectivity index (χ1n) is 9.24. The number of rotatable bonds is 7. The Kier molecular flexibility index (Phi) is 6.41. The van der Waals surface area contributed by atoms with Crippen LogP contribution in [0.5, 0.6) is 5.75 Å². The average molecular weight is 411 g/mol. The van der Waals surface area contributed by atoms with Gasteiger partial charge in [0.25, 0.3) is 11.5 Å². The molecule has 2 N–H and O–H groups in total. The van der Waals surface area contributed by atoms with Crippen molar-refractivity contribution in [1.29, 1.82) is 0 Å².